The molecule has 0 amide bonds. The number of anilines is 2. The van der Waals surface area contributed by atoms with Crippen molar-refractivity contribution in [3.63, 3.8) is 0 Å². The van der Waals surface area contributed by atoms with Gasteiger partial charge in [0.25, 0.3) is 0 Å². The van der Waals surface area contributed by atoms with Gasteiger partial charge in [0.2, 0.25) is 5.69 Å². The first kappa shape index (κ1) is 29.8. The van der Waals surface area contributed by atoms with Crippen LogP contribution in [0.3, 0.4) is 0 Å². The second-order valence-electron chi connectivity index (χ2n) is 10.2. The highest BCUT2D eigenvalue weighted by atomic mass is 33.1. The van der Waals surface area contributed by atoms with Gasteiger partial charge in [0.15, 0.2) is 12.7 Å². The normalized spacial score (nSPS) is 15.1. The van der Waals surface area contributed by atoms with Crippen LogP contribution in [-0.4, -0.2) is 52.8 Å². The highest BCUT2D eigenvalue weighted by Crippen LogP contribution is 2.20. The van der Waals surface area contributed by atoms with Crippen molar-refractivity contribution in [1.82, 2.24) is 0 Å². The van der Waals surface area contributed by atoms with E-state index in [9.17, 15) is 0 Å². The SMILES string of the molecule is CN(C)c1ccc(/C=C/C2=CC=CC[NH+]2CCSSCC[n+]2ccccc2/C=C/c2ccc(N(C)C)cc2)cc1. The van der Waals surface area contributed by atoms with Crippen LogP contribution in [0.5, 0.6) is 0 Å². The second-order valence-corrected chi connectivity index (χ2v) is 12.9. The van der Waals surface area contributed by atoms with Crippen molar-refractivity contribution in [2.45, 2.75) is 6.54 Å². The average molecular weight is 571 g/mol. The van der Waals surface area contributed by atoms with Gasteiger partial charge in [0.1, 0.15) is 12.2 Å². The molecule has 1 unspecified atom stereocenters. The van der Waals surface area contributed by atoms with Gasteiger partial charge in [0.05, 0.1) is 18.1 Å². The van der Waals surface area contributed by atoms with Gasteiger partial charge in [-0.05, 0) is 71.8 Å². The number of rotatable bonds is 13. The third-order valence-corrected chi connectivity index (χ3v) is 9.25. The van der Waals surface area contributed by atoms with Gasteiger partial charge in [0, 0.05) is 57.8 Å². The largest absolute Gasteiger partial charge is 0.378 e. The van der Waals surface area contributed by atoms with Crippen LogP contribution in [-0.2, 0) is 6.54 Å². The van der Waals surface area contributed by atoms with Crippen LogP contribution in [0, 0.1) is 0 Å². The molecule has 1 N–H and O–H groups in total. The van der Waals surface area contributed by atoms with Gasteiger partial charge in [-0.1, -0.05) is 51.9 Å². The zero-order valence-corrected chi connectivity index (χ0v) is 25.8. The summed E-state index contributed by atoms with van der Waals surface area (Å²) >= 11 is 0. The minimum atomic E-state index is 0.998. The van der Waals surface area contributed by atoms with Crippen LogP contribution in [0.1, 0.15) is 16.8 Å². The van der Waals surface area contributed by atoms with Crippen molar-refractivity contribution >= 4 is 51.2 Å². The minimum Gasteiger partial charge on any atom is -0.378 e. The number of aryl methyl sites for hydroxylation is 1. The predicted molar refractivity (Wildman–Crippen MR) is 179 cm³/mol. The number of nitrogens with one attached hydrogen (secondary N) is 1. The van der Waals surface area contributed by atoms with E-state index in [1.807, 2.05) is 21.6 Å². The molecule has 6 heteroatoms. The fourth-order valence-corrected chi connectivity index (χ4v) is 6.45. The molecule has 0 radical (unpaired) electrons. The topological polar surface area (TPSA) is 14.8 Å². The summed E-state index contributed by atoms with van der Waals surface area (Å²) in [5.74, 6) is 2.21. The summed E-state index contributed by atoms with van der Waals surface area (Å²) in [5, 5.41) is 0. The van der Waals surface area contributed by atoms with Crippen molar-refractivity contribution < 1.29 is 9.47 Å². The number of nitrogens with zero attached hydrogens (tertiary/aromatic N) is 3. The number of aromatic nitrogens is 1. The molecule has 1 aromatic heterocycles. The molecule has 0 aliphatic carbocycles. The van der Waals surface area contributed by atoms with Gasteiger partial charge >= 0.3 is 0 Å². The Morgan fingerprint density at radius 1 is 0.750 bits per heavy atom. The van der Waals surface area contributed by atoms with Crippen LogP contribution in [0.25, 0.3) is 18.2 Å². The highest BCUT2D eigenvalue weighted by molar-refractivity contribution is 8.76. The zero-order valence-electron chi connectivity index (χ0n) is 24.2. The molecule has 0 bridgehead atoms. The van der Waals surface area contributed by atoms with Gasteiger partial charge in [-0.2, -0.15) is 4.57 Å². The Labute approximate surface area is 248 Å². The van der Waals surface area contributed by atoms with Crippen LogP contribution in [0.15, 0.2) is 103 Å². The summed E-state index contributed by atoms with van der Waals surface area (Å²) in [6, 6.07) is 23.8. The van der Waals surface area contributed by atoms with E-state index in [-0.39, 0.29) is 0 Å². The molecule has 4 rings (SSSR count). The van der Waals surface area contributed by atoms with E-state index in [1.54, 1.807) is 0 Å². The molecule has 0 spiro atoms. The maximum absolute atomic E-state index is 2.34. The van der Waals surface area contributed by atoms with Crippen molar-refractivity contribution in [3.05, 3.63) is 120 Å². The Bertz CT molecular complexity index is 1320. The molecular weight excluding hydrogens is 529 g/mol. The van der Waals surface area contributed by atoms with Crippen LogP contribution in [0.2, 0.25) is 0 Å². The number of hydrogen-bond acceptors (Lipinski definition) is 4. The number of benzene rings is 2. The average Bonchev–Trinajstić information content (AvgIpc) is 2.98. The summed E-state index contributed by atoms with van der Waals surface area (Å²) in [7, 11) is 12.2. The molecule has 0 saturated heterocycles. The molecule has 0 fully saturated rings. The molecule has 1 aliphatic heterocycles. The molecule has 4 nitrogen and oxygen atoms in total. The van der Waals surface area contributed by atoms with E-state index in [0.717, 1.165) is 31.1 Å². The Kier molecular flexibility index (Phi) is 11.6. The maximum Gasteiger partial charge on any atom is 0.205 e. The summed E-state index contributed by atoms with van der Waals surface area (Å²) in [6.45, 7) is 3.17. The van der Waals surface area contributed by atoms with Crippen molar-refractivity contribution in [3.8, 4) is 0 Å². The molecule has 3 aromatic rings. The molecule has 1 atom stereocenters. The third kappa shape index (κ3) is 9.19. The monoisotopic (exact) mass is 570 g/mol. The highest BCUT2D eigenvalue weighted by Gasteiger charge is 2.14. The van der Waals surface area contributed by atoms with Crippen molar-refractivity contribution in [2.75, 3.05) is 62.6 Å². The lowest BCUT2D eigenvalue weighted by Gasteiger charge is -2.20. The van der Waals surface area contributed by atoms with Gasteiger partial charge < -0.3 is 9.80 Å². The standard InChI is InChI=1S/C34H41N4S2/c1-35(2)31-17-11-29(12-18-31)15-21-33-9-5-7-23-37(33)25-27-39-40-28-26-38-24-8-6-10-34(38)22-16-30-13-19-32(20-14-30)36(3)4/h5-23H,24-28H2,1-4H3/q+1/p+1/b22-16+. The fraction of sp³-hybridized carbons (Fsp3) is 0.265. The molecule has 1 aliphatic rings. The lowest BCUT2D eigenvalue weighted by atomic mass is 10.1. The van der Waals surface area contributed by atoms with Crippen molar-refractivity contribution in [1.29, 1.82) is 0 Å². The Hall–Kier alpha value is -3.19. The van der Waals surface area contributed by atoms with Gasteiger partial charge in [-0.15, -0.1) is 0 Å². The van der Waals surface area contributed by atoms with E-state index in [2.05, 4.69) is 158 Å². The first-order valence-electron chi connectivity index (χ1n) is 13.9. The maximum atomic E-state index is 2.34. The molecular formula is C34H42N4S2+2. The quantitative estimate of drug-likeness (QED) is 0.161. The summed E-state index contributed by atoms with van der Waals surface area (Å²) in [5.41, 5.74) is 7.48. The molecule has 2 heterocycles. The zero-order chi connectivity index (χ0) is 28.2. The second kappa shape index (κ2) is 15.6. The minimum absolute atomic E-state index is 0.998. The Morgan fingerprint density at radius 2 is 1.38 bits per heavy atom. The van der Waals surface area contributed by atoms with Crippen molar-refractivity contribution in [2.24, 2.45) is 0 Å². The van der Waals surface area contributed by atoms with E-state index in [0.29, 0.717) is 0 Å². The van der Waals surface area contributed by atoms with Crippen LogP contribution < -0.4 is 19.3 Å². The first-order chi connectivity index (χ1) is 19.5. The Morgan fingerprint density at radius 3 is 2.02 bits per heavy atom. The number of pyridine rings is 1. The first-order valence-corrected chi connectivity index (χ1v) is 16.3. The summed E-state index contributed by atoms with van der Waals surface area (Å²) in [4.78, 5) is 5.78. The molecule has 0 saturated carbocycles. The third-order valence-electron chi connectivity index (χ3n) is 6.87. The lowest BCUT2D eigenvalue weighted by Crippen LogP contribution is -3.10. The van der Waals surface area contributed by atoms with E-state index >= 15 is 0 Å². The fourth-order valence-electron chi connectivity index (χ4n) is 4.44. The summed E-state index contributed by atoms with van der Waals surface area (Å²) < 4.78 is 2.34. The molecule has 2 aromatic carbocycles. The van der Waals surface area contributed by atoms with E-state index in [4.69, 9.17) is 0 Å². The van der Waals surface area contributed by atoms with Crippen LogP contribution >= 0.6 is 21.6 Å². The van der Waals surface area contributed by atoms with Gasteiger partial charge in [-0.3, -0.25) is 4.90 Å². The predicted octanol–water partition coefficient (Wildman–Crippen LogP) is 5.71. The number of hydrogen-bond donors (Lipinski definition) is 1. The molecule has 40 heavy (non-hydrogen) atoms. The lowest BCUT2D eigenvalue weighted by molar-refractivity contribution is -0.849. The van der Waals surface area contributed by atoms with Gasteiger partial charge in [-0.25, -0.2) is 0 Å². The summed E-state index contributed by atoms with van der Waals surface area (Å²) in [6.07, 6.45) is 17.8. The van der Waals surface area contributed by atoms with E-state index in [1.165, 1.54) is 38.8 Å². The van der Waals surface area contributed by atoms with E-state index < -0.39 is 0 Å². The van der Waals surface area contributed by atoms with Crippen LogP contribution in [0.4, 0.5) is 11.4 Å². The Balaban J connectivity index is 1.21. The molecule has 208 valence electrons. The number of quaternary nitrogens is 1. The smallest absolute Gasteiger partial charge is 0.205 e. The number of allylic oxidation sites excluding steroid dienone is 3.